The lowest BCUT2D eigenvalue weighted by Crippen LogP contribution is -2.25. The molecule has 0 aromatic heterocycles. The standard InChI is InChI=1S/C9H8Cl2N2O3/c10-5-2-1-3-6(11)9(5)12-7(14)4-8(15)13-16/h1-3,16H,4H2,(H,12,14)(H,13,15). The lowest BCUT2D eigenvalue weighted by atomic mass is 10.3. The molecule has 86 valence electrons. The van der Waals surface area contributed by atoms with Gasteiger partial charge in [0.25, 0.3) is 5.91 Å². The molecule has 0 heterocycles. The van der Waals surface area contributed by atoms with Gasteiger partial charge in [0.1, 0.15) is 6.42 Å². The molecule has 3 N–H and O–H groups in total. The molecule has 0 radical (unpaired) electrons. The fourth-order valence-electron chi connectivity index (χ4n) is 0.986. The van der Waals surface area contributed by atoms with E-state index >= 15 is 0 Å². The van der Waals surface area contributed by atoms with Gasteiger partial charge in [0.2, 0.25) is 5.91 Å². The molecule has 0 unspecified atom stereocenters. The van der Waals surface area contributed by atoms with Crippen LogP contribution in [0.5, 0.6) is 0 Å². The summed E-state index contributed by atoms with van der Waals surface area (Å²) in [6.45, 7) is 0. The highest BCUT2D eigenvalue weighted by Crippen LogP contribution is 2.29. The molecular formula is C9H8Cl2N2O3. The Morgan fingerprint density at radius 2 is 1.75 bits per heavy atom. The van der Waals surface area contributed by atoms with Gasteiger partial charge in [-0.3, -0.25) is 14.8 Å². The van der Waals surface area contributed by atoms with Crippen molar-refractivity contribution in [1.29, 1.82) is 0 Å². The number of halogens is 2. The van der Waals surface area contributed by atoms with E-state index in [2.05, 4.69) is 5.32 Å². The summed E-state index contributed by atoms with van der Waals surface area (Å²) in [5.41, 5.74) is 1.58. The molecule has 0 atom stereocenters. The van der Waals surface area contributed by atoms with Gasteiger partial charge in [0.15, 0.2) is 0 Å². The number of hydrogen-bond donors (Lipinski definition) is 3. The van der Waals surface area contributed by atoms with Crippen LogP contribution in [-0.4, -0.2) is 17.0 Å². The van der Waals surface area contributed by atoms with Crippen molar-refractivity contribution < 1.29 is 14.8 Å². The smallest absolute Gasteiger partial charge is 0.252 e. The summed E-state index contributed by atoms with van der Waals surface area (Å²) in [4.78, 5) is 22.0. The first kappa shape index (κ1) is 12.8. The Labute approximate surface area is 101 Å². The molecule has 0 aliphatic heterocycles. The minimum absolute atomic E-state index is 0.238. The van der Waals surface area contributed by atoms with E-state index in [0.29, 0.717) is 0 Å². The molecule has 1 rings (SSSR count). The Kier molecular flexibility index (Phi) is 4.54. The second-order valence-corrected chi connectivity index (χ2v) is 3.67. The zero-order chi connectivity index (χ0) is 12.1. The van der Waals surface area contributed by atoms with Crippen LogP contribution in [0.25, 0.3) is 0 Å². The molecule has 0 spiro atoms. The first-order valence-electron chi connectivity index (χ1n) is 4.21. The monoisotopic (exact) mass is 262 g/mol. The predicted molar refractivity (Wildman–Crippen MR) is 59.6 cm³/mol. The summed E-state index contributed by atoms with van der Waals surface area (Å²) in [5.74, 6) is -1.44. The topological polar surface area (TPSA) is 78.4 Å². The van der Waals surface area contributed by atoms with Crippen molar-refractivity contribution in [3.05, 3.63) is 28.2 Å². The van der Waals surface area contributed by atoms with Gasteiger partial charge in [0.05, 0.1) is 15.7 Å². The Morgan fingerprint density at radius 1 is 1.19 bits per heavy atom. The maximum atomic E-state index is 11.3. The largest absolute Gasteiger partial charge is 0.323 e. The number of rotatable bonds is 3. The van der Waals surface area contributed by atoms with Crippen LogP contribution in [0.4, 0.5) is 5.69 Å². The summed E-state index contributed by atoms with van der Waals surface area (Å²) < 4.78 is 0. The van der Waals surface area contributed by atoms with Crippen LogP contribution in [0, 0.1) is 0 Å². The van der Waals surface area contributed by atoms with Crippen LogP contribution in [0.15, 0.2) is 18.2 Å². The number of hydroxylamine groups is 1. The average Bonchev–Trinajstić information content (AvgIpc) is 2.23. The number of carbonyl (C=O) groups is 2. The third-order valence-electron chi connectivity index (χ3n) is 1.67. The predicted octanol–water partition coefficient (Wildman–Crippen LogP) is 1.83. The summed E-state index contributed by atoms with van der Waals surface area (Å²) in [6, 6.07) is 4.73. The number of amides is 2. The molecule has 1 aromatic rings. The Bertz CT molecular complexity index is 403. The van der Waals surface area contributed by atoms with E-state index in [1.807, 2.05) is 0 Å². The van der Waals surface area contributed by atoms with Gasteiger partial charge >= 0.3 is 0 Å². The van der Waals surface area contributed by atoms with E-state index in [9.17, 15) is 9.59 Å². The first-order valence-corrected chi connectivity index (χ1v) is 4.97. The average molecular weight is 263 g/mol. The molecule has 0 bridgehead atoms. The van der Waals surface area contributed by atoms with Crippen molar-refractivity contribution in [2.24, 2.45) is 0 Å². The van der Waals surface area contributed by atoms with Crippen molar-refractivity contribution >= 4 is 40.7 Å². The van der Waals surface area contributed by atoms with E-state index < -0.39 is 18.2 Å². The summed E-state index contributed by atoms with van der Waals surface area (Å²) in [5, 5.41) is 11.1. The quantitative estimate of drug-likeness (QED) is 0.442. The molecule has 0 aliphatic carbocycles. The molecule has 2 amide bonds. The Balaban J connectivity index is 2.73. The molecule has 16 heavy (non-hydrogen) atoms. The van der Waals surface area contributed by atoms with Gasteiger partial charge in [-0.05, 0) is 12.1 Å². The van der Waals surface area contributed by atoms with E-state index in [4.69, 9.17) is 28.4 Å². The van der Waals surface area contributed by atoms with Crippen LogP contribution < -0.4 is 10.8 Å². The van der Waals surface area contributed by atoms with Crippen LogP contribution in [-0.2, 0) is 9.59 Å². The van der Waals surface area contributed by atoms with Crippen molar-refractivity contribution in [3.8, 4) is 0 Å². The van der Waals surface area contributed by atoms with E-state index in [-0.39, 0.29) is 15.7 Å². The second kappa shape index (κ2) is 5.69. The van der Waals surface area contributed by atoms with Crippen LogP contribution in [0.1, 0.15) is 6.42 Å². The lowest BCUT2D eigenvalue weighted by Gasteiger charge is -2.08. The third kappa shape index (κ3) is 3.37. The zero-order valence-corrected chi connectivity index (χ0v) is 9.47. The van der Waals surface area contributed by atoms with Crippen LogP contribution in [0.2, 0.25) is 10.0 Å². The van der Waals surface area contributed by atoms with E-state index in [1.54, 1.807) is 18.2 Å². The van der Waals surface area contributed by atoms with Crippen molar-refractivity contribution in [3.63, 3.8) is 0 Å². The molecule has 0 saturated heterocycles. The van der Waals surface area contributed by atoms with Gasteiger partial charge in [-0.25, -0.2) is 5.48 Å². The van der Waals surface area contributed by atoms with Gasteiger partial charge in [-0.2, -0.15) is 0 Å². The normalized spacial score (nSPS) is 9.69. The van der Waals surface area contributed by atoms with Crippen molar-refractivity contribution in [2.45, 2.75) is 6.42 Å². The second-order valence-electron chi connectivity index (χ2n) is 2.86. The number of nitrogens with one attached hydrogen (secondary N) is 2. The van der Waals surface area contributed by atoms with E-state index in [1.165, 1.54) is 5.48 Å². The molecule has 0 aliphatic rings. The maximum absolute atomic E-state index is 11.3. The first-order chi connectivity index (χ1) is 7.54. The third-order valence-corrected chi connectivity index (χ3v) is 2.30. The Morgan fingerprint density at radius 3 is 2.25 bits per heavy atom. The molecule has 0 saturated carbocycles. The van der Waals surface area contributed by atoms with Gasteiger partial charge in [-0.1, -0.05) is 29.3 Å². The zero-order valence-electron chi connectivity index (χ0n) is 7.96. The number of anilines is 1. The molecule has 5 nitrogen and oxygen atoms in total. The highest BCUT2D eigenvalue weighted by Gasteiger charge is 2.12. The fourth-order valence-corrected chi connectivity index (χ4v) is 1.48. The van der Waals surface area contributed by atoms with Crippen molar-refractivity contribution in [2.75, 3.05) is 5.32 Å². The lowest BCUT2D eigenvalue weighted by molar-refractivity contribution is -0.132. The minimum atomic E-state index is -0.819. The highest BCUT2D eigenvalue weighted by atomic mass is 35.5. The van der Waals surface area contributed by atoms with Gasteiger partial charge < -0.3 is 5.32 Å². The van der Waals surface area contributed by atoms with Crippen LogP contribution >= 0.6 is 23.2 Å². The molecular weight excluding hydrogens is 255 g/mol. The molecule has 7 heteroatoms. The van der Waals surface area contributed by atoms with E-state index in [0.717, 1.165) is 0 Å². The van der Waals surface area contributed by atoms with Crippen molar-refractivity contribution in [1.82, 2.24) is 5.48 Å². The SMILES string of the molecule is O=C(CC(=O)Nc1c(Cl)cccc1Cl)NO. The summed E-state index contributed by atoms with van der Waals surface area (Å²) in [6.07, 6.45) is -0.516. The Hall–Kier alpha value is -1.30. The minimum Gasteiger partial charge on any atom is -0.323 e. The molecule has 1 aromatic carbocycles. The summed E-state index contributed by atoms with van der Waals surface area (Å²) >= 11 is 11.6. The number of carbonyl (C=O) groups excluding carboxylic acids is 2. The number of benzene rings is 1. The van der Waals surface area contributed by atoms with Gasteiger partial charge in [0, 0.05) is 0 Å². The number of hydrogen-bond acceptors (Lipinski definition) is 3. The molecule has 0 fully saturated rings. The summed E-state index contributed by atoms with van der Waals surface area (Å²) in [7, 11) is 0. The maximum Gasteiger partial charge on any atom is 0.252 e. The van der Waals surface area contributed by atoms with Gasteiger partial charge in [-0.15, -0.1) is 0 Å². The van der Waals surface area contributed by atoms with Crippen LogP contribution in [0.3, 0.4) is 0 Å². The fraction of sp³-hybridized carbons (Fsp3) is 0.111. The highest BCUT2D eigenvalue weighted by molar-refractivity contribution is 6.39. The number of para-hydroxylation sites is 1.